The molecule has 3 fully saturated rings. The lowest BCUT2D eigenvalue weighted by Gasteiger charge is -2.39. The number of ether oxygens (including phenoxy) is 5. The number of dihydropyridines is 1. The molecule has 1 unspecified atom stereocenters. The Morgan fingerprint density at radius 1 is 0.974 bits per heavy atom. The van der Waals surface area contributed by atoms with Crippen LogP contribution >= 0.6 is 21.6 Å². The van der Waals surface area contributed by atoms with Gasteiger partial charge in [0.15, 0.2) is 11.5 Å². The average Bonchev–Trinajstić information content (AvgIpc) is 4.15. The van der Waals surface area contributed by atoms with Crippen LogP contribution in [0.4, 0.5) is 0 Å². The zero-order valence-corrected chi connectivity index (χ0v) is 46.7. The SMILES string of the molecule is COC[C@@H]1CCNCc2c(O)c3c(c4c2[C@H](C#CC2=C(C=CC(N)N2)C[C@H]2CC[C@]5(Cc6cc(O)cc(OC)c6-c6ccc7c(c65)O[C@H]4[C@H]7COC(C)=O)C2)C#C[C@H]1CCCO)C=C[C@@H]1N[C@H]2CCC[C@@H](CSSC[C@@H]1O3)C2. The molecule has 0 aromatic heterocycles. The summed E-state index contributed by atoms with van der Waals surface area (Å²) in [5, 5.41) is 46.1. The van der Waals surface area contributed by atoms with Crippen LogP contribution < -0.4 is 35.9 Å². The molecule has 12 rings (SSSR count). The minimum absolute atomic E-state index is 0.0281. The van der Waals surface area contributed by atoms with Gasteiger partial charge in [-0.2, -0.15) is 0 Å². The molecule has 9 aliphatic rings. The highest BCUT2D eigenvalue weighted by Crippen LogP contribution is 2.64. The summed E-state index contributed by atoms with van der Waals surface area (Å²) in [5.41, 5.74) is 16.0. The van der Waals surface area contributed by atoms with E-state index in [0.29, 0.717) is 72.8 Å². The molecule has 12 atom stereocenters. The number of benzene rings is 3. The van der Waals surface area contributed by atoms with Gasteiger partial charge in [0.1, 0.15) is 42.0 Å². The van der Waals surface area contributed by atoms with E-state index in [-0.39, 0.29) is 61.2 Å². The number of aliphatic hydroxyl groups excluding tert-OH is 1. The molecule has 8 N–H and O–H groups in total. The lowest BCUT2D eigenvalue weighted by molar-refractivity contribution is -0.141. The molecule has 13 nitrogen and oxygen atoms in total. The Bertz CT molecular complexity index is 3060. The van der Waals surface area contributed by atoms with E-state index in [1.807, 2.05) is 33.7 Å². The van der Waals surface area contributed by atoms with Crippen LogP contribution in [0.1, 0.15) is 134 Å². The molecule has 6 aliphatic heterocycles. The van der Waals surface area contributed by atoms with Crippen LogP contribution in [0.2, 0.25) is 0 Å². The van der Waals surface area contributed by atoms with Crippen LogP contribution in [0.25, 0.3) is 17.2 Å². The molecule has 412 valence electrons. The summed E-state index contributed by atoms with van der Waals surface area (Å²) in [7, 11) is 7.15. The zero-order valence-electron chi connectivity index (χ0n) is 45.1. The Hall–Kier alpha value is -5.23. The molecular weight excluding hydrogens is 1020 g/mol. The first-order chi connectivity index (χ1) is 38.0. The largest absolute Gasteiger partial charge is 0.508 e. The highest BCUT2D eigenvalue weighted by molar-refractivity contribution is 8.76. The van der Waals surface area contributed by atoms with Crippen molar-refractivity contribution < 1.29 is 43.8 Å². The molecule has 3 aromatic carbocycles. The Kier molecular flexibility index (Phi) is 15.6. The number of nitrogens with one attached hydrogen (secondary N) is 3. The van der Waals surface area contributed by atoms with E-state index < -0.39 is 35.5 Å². The van der Waals surface area contributed by atoms with E-state index in [0.717, 1.165) is 107 Å². The van der Waals surface area contributed by atoms with Crippen molar-refractivity contribution in [2.24, 2.45) is 29.4 Å². The first-order valence-corrected chi connectivity index (χ1v) is 30.9. The number of carbonyl (C=O) groups is 1. The summed E-state index contributed by atoms with van der Waals surface area (Å²) in [4.78, 5) is 13.2. The molecule has 2 saturated carbocycles. The van der Waals surface area contributed by atoms with Gasteiger partial charge in [-0.1, -0.05) is 76.1 Å². The van der Waals surface area contributed by atoms with Gasteiger partial charge in [-0.15, -0.1) is 0 Å². The number of nitrogens with two attached hydrogens (primary N) is 1. The number of phenols is 2. The number of carbonyl (C=O) groups excluding carboxylic acids is 1. The minimum Gasteiger partial charge on any atom is -0.508 e. The van der Waals surface area contributed by atoms with E-state index in [4.69, 9.17) is 29.4 Å². The third-order valence-corrected chi connectivity index (χ3v) is 20.9. The van der Waals surface area contributed by atoms with Crippen molar-refractivity contribution in [2.45, 2.75) is 138 Å². The summed E-state index contributed by atoms with van der Waals surface area (Å²) in [5.74, 6) is 17.9. The number of methoxy groups -OCH3 is 2. The van der Waals surface area contributed by atoms with Crippen LogP contribution in [-0.4, -0.2) is 97.7 Å². The number of esters is 1. The number of hydrogen-bond donors (Lipinski definition) is 7. The maximum absolute atomic E-state index is 13.3. The van der Waals surface area contributed by atoms with Gasteiger partial charge < -0.3 is 60.7 Å². The molecule has 0 amide bonds. The third-order valence-electron chi connectivity index (χ3n) is 18.3. The number of fused-ring (bicyclic) bond motifs is 10. The van der Waals surface area contributed by atoms with Crippen molar-refractivity contribution in [3.8, 4) is 63.6 Å². The fourth-order valence-electron chi connectivity index (χ4n) is 14.8. The molecular formula is C63H74N4O9S2. The standard InChI is InChI=1S/C63H74N4O9S2/c1-35(69)74-32-49-45-13-14-46-55-42(26-44(70)27-52(55)73-3)29-63-21-19-36(28-63)24-40-12-18-54(64)67-50(40)16-11-39-10-9-38(7-5-23-68)41(31-72-2)20-22-65-30-48-56(39)57(60(49)76-61(45)58(46)63)47-15-17-51-53(75-62(47)59(48)71)34-78-77-33-37-6-4-8-43(25-37)66-51/h12-15,17-18,26-27,36-39,41,43,49,51,53-54,60,65-68,70-71H,4-8,19-25,28-34,64H2,1-3H3/t36-,37-,38-,39+,41+,43+,49+,51+,53+,54?,60+,63-/m1/s1. The van der Waals surface area contributed by atoms with Crippen molar-refractivity contribution in [3.05, 3.63) is 92.7 Å². The number of hydrogen-bond acceptors (Lipinski definition) is 15. The van der Waals surface area contributed by atoms with Crippen molar-refractivity contribution in [2.75, 3.05) is 52.1 Å². The maximum Gasteiger partial charge on any atom is 0.302 e. The number of allylic oxidation sites excluding steroid dienone is 3. The van der Waals surface area contributed by atoms with Gasteiger partial charge >= 0.3 is 5.97 Å². The lowest BCUT2D eigenvalue weighted by atomic mass is 9.65. The lowest BCUT2D eigenvalue weighted by Crippen LogP contribution is -2.49. The molecule has 78 heavy (non-hydrogen) atoms. The van der Waals surface area contributed by atoms with E-state index >= 15 is 0 Å². The molecule has 0 radical (unpaired) electrons. The van der Waals surface area contributed by atoms with Crippen LogP contribution in [-0.2, 0) is 32.6 Å². The fraction of sp³-hybridized carbons (Fsp3) is 0.540. The van der Waals surface area contributed by atoms with Crippen molar-refractivity contribution in [3.63, 3.8) is 0 Å². The van der Waals surface area contributed by atoms with Gasteiger partial charge in [0.25, 0.3) is 0 Å². The third kappa shape index (κ3) is 10.2. The van der Waals surface area contributed by atoms with E-state index in [2.05, 4.69) is 70.0 Å². The summed E-state index contributed by atoms with van der Waals surface area (Å²) < 4.78 is 33.4. The molecule has 1 spiro atoms. The van der Waals surface area contributed by atoms with Crippen molar-refractivity contribution in [1.82, 2.24) is 16.0 Å². The molecule has 3 aromatic rings. The highest BCUT2D eigenvalue weighted by atomic mass is 33.1. The quantitative estimate of drug-likeness (QED) is 0.0643. The minimum atomic E-state index is -0.794. The van der Waals surface area contributed by atoms with E-state index in [9.17, 15) is 20.1 Å². The Labute approximate surface area is 467 Å². The molecule has 15 heteroatoms. The zero-order chi connectivity index (χ0) is 53.7. The molecule has 1 saturated heterocycles. The molecule has 3 aliphatic carbocycles. The van der Waals surface area contributed by atoms with Crippen molar-refractivity contribution >= 4 is 33.6 Å². The van der Waals surface area contributed by atoms with Gasteiger partial charge in [-0.05, 0) is 135 Å². The second-order valence-corrected chi connectivity index (χ2v) is 25.8. The van der Waals surface area contributed by atoms with Crippen molar-refractivity contribution in [1.29, 1.82) is 0 Å². The van der Waals surface area contributed by atoms with Gasteiger partial charge in [0, 0.05) is 95.5 Å². The highest BCUT2D eigenvalue weighted by Gasteiger charge is 2.52. The Morgan fingerprint density at radius 3 is 2.71 bits per heavy atom. The van der Waals surface area contributed by atoms with E-state index in [1.165, 1.54) is 19.8 Å². The van der Waals surface area contributed by atoms with Gasteiger partial charge in [0.2, 0.25) is 0 Å². The van der Waals surface area contributed by atoms with Crippen LogP contribution in [0.5, 0.6) is 28.7 Å². The molecule has 6 bridgehead atoms. The first kappa shape index (κ1) is 53.4. The second kappa shape index (κ2) is 22.7. The predicted molar refractivity (Wildman–Crippen MR) is 306 cm³/mol. The smallest absolute Gasteiger partial charge is 0.302 e. The second-order valence-electron chi connectivity index (χ2n) is 23.3. The average molecular weight is 1100 g/mol. The maximum atomic E-state index is 13.3. The summed E-state index contributed by atoms with van der Waals surface area (Å²) >= 11 is 0. The van der Waals surface area contributed by atoms with Gasteiger partial charge in [0.05, 0.1) is 37.5 Å². The predicted octanol–water partition coefficient (Wildman–Crippen LogP) is 9.17. The Balaban J connectivity index is 1.16. The fourth-order valence-corrected chi connectivity index (χ4v) is 17.4. The number of phenolic OH excluding ortho intramolecular Hbond substituents is 2. The monoisotopic (exact) mass is 1090 g/mol. The normalized spacial score (nSPS) is 31.3. The van der Waals surface area contributed by atoms with Crippen LogP contribution in [0.3, 0.4) is 0 Å². The summed E-state index contributed by atoms with van der Waals surface area (Å²) in [6.45, 7) is 2.90. The number of aliphatic hydroxyl groups is 1. The van der Waals surface area contributed by atoms with Crippen LogP contribution in [0, 0.1) is 47.4 Å². The van der Waals surface area contributed by atoms with Crippen LogP contribution in [0.15, 0.2) is 53.8 Å². The number of rotatable bonds is 8. The van der Waals surface area contributed by atoms with Gasteiger partial charge in [-0.3, -0.25) is 4.79 Å². The Morgan fingerprint density at radius 2 is 1.86 bits per heavy atom. The summed E-state index contributed by atoms with van der Waals surface area (Å²) in [6.07, 6.45) is 17.7. The van der Waals surface area contributed by atoms with Gasteiger partial charge in [-0.25, -0.2) is 0 Å². The first-order valence-electron chi connectivity index (χ1n) is 28.4. The van der Waals surface area contributed by atoms with E-state index in [1.54, 1.807) is 20.3 Å². The topological polar surface area (TPSA) is 186 Å². The molecule has 6 heterocycles. The summed E-state index contributed by atoms with van der Waals surface area (Å²) in [6, 6.07) is 8.11. The number of aromatic hydroxyl groups is 2.